The molecule has 1 unspecified atom stereocenters. The molecule has 9 nitrogen and oxygen atoms in total. The minimum absolute atomic E-state index is 0.144. The number of aromatic nitrogens is 3. The molecule has 2 aromatic carbocycles. The van der Waals surface area contributed by atoms with Gasteiger partial charge < -0.3 is 10.6 Å². The van der Waals surface area contributed by atoms with E-state index in [0.29, 0.717) is 17.4 Å². The lowest BCUT2D eigenvalue weighted by Gasteiger charge is -2.23. The number of rotatable bonds is 7. The number of carbonyl (C=O) groups excluding carboxylic acids is 3. The van der Waals surface area contributed by atoms with E-state index in [4.69, 9.17) is 0 Å². The molecule has 1 fully saturated rings. The maximum absolute atomic E-state index is 12.6. The van der Waals surface area contributed by atoms with Gasteiger partial charge in [-0.2, -0.15) is 0 Å². The molecule has 4 rings (SSSR count). The van der Waals surface area contributed by atoms with E-state index >= 15 is 0 Å². The lowest BCUT2D eigenvalue weighted by molar-refractivity contribution is -0.121. The fourth-order valence-corrected chi connectivity index (χ4v) is 4.35. The highest BCUT2D eigenvalue weighted by Gasteiger charge is 2.27. The molecule has 0 saturated carbocycles. The first kappa shape index (κ1) is 22.5. The Morgan fingerprint density at radius 1 is 1.12 bits per heavy atom. The molecule has 10 heteroatoms. The van der Waals surface area contributed by atoms with Crippen molar-refractivity contribution in [2.75, 3.05) is 11.1 Å². The summed E-state index contributed by atoms with van der Waals surface area (Å²) in [6.07, 6.45) is 0.490. The van der Waals surface area contributed by atoms with Crippen LogP contribution in [0.25, 0.3) is 5.69 Å². The molecule has 1 atom stereocenters. The summed E-state index contributed by atoms with van der Waals surface area (Å²) in [6, 6.07) is 14.4. The van der Waals surface area contributed by atoms with Gasteiger partial charge in [-0.05, 0) is 43.2 Å². The maximum Gasteiger partial charge on any atom is 0.321 e. The third kappa shape index (κ3) is 5.40. The minimum Gasteiger partial charge on any atom is -0.334 e. The average molecular weight is 465 g/mol. The predicted octanol–water partition coefficient (Wildman–Crippen LogP) is 2.76. The van der Waals surface area contributed by atoms with Crippen LogP contribution in [0.15, 0.2) is 53.7 Å². The highest BCUT2D eigenvalue weighted by molar-refractivity contribution is 7.99. The van der Waals surface area contributed by atoms with Crippen LogP contribution < -0.4 is 16.0 Å². The van der Waals surface area contributed by atoms with E-state index in [1.807, 2.05) is 66.9 Å². The first-order valence-electron chi connectivity index (χ1n) is 10.5. The normalized spacial score (nSPS) is 15.6. The predicted molar refractivity (Wildman–Crippen MR) is 125 cm³/mol. The standard InChI is InChI=1S/C23H24N6O3S/c1-14-7-6-10-18(15(14)2)25-21(31)13-33-23-28-27-19(29(23)17-8-4-3-5-9-17)11-16-12-20(30)26-22(32)24-16/h3-10,16H,11-13H2,1-2H3,(H,25,31)(H2,24,26,30,32). The van der Waals surface area contributed by atoms with Crippen LogP contribution >= 0.6 is 11.8 Å². The molecule has 3 aromatic rings. The van der Waals surface area contributed by atoms with Gasteiger partial charge in [-0.3, -0.25) is 19.5 Å². The van der Waals surface area contributed by atoms with Gasteiger partial charge in [0, 0.05) is 30.3 Å². The number of anilines is 1. The van der Waals surface area contributed by atoms with E-state index in [9.17, 15) is 14.4 Å². The van der Waals surface area contributed by atoms with Crippen LogP contribution in [-0.4, -0.2) is 44.4 Å². The van der Waals surface area contributed by atoms with Crippen molar-refractivity contribution in [3.05, 3.63) is 65.5 Å². The van der Waals surface area contributed by atoms with Crippen molar-refractivity contribution in [2.24, 2.45) is 0 Å². The monoisotopic (exact) mass is 464 g/mol. The molecule has 2 heterocycles. The van der Waals surface area contributed by atoms with E-state index in [1.54, 1.807) is 0 Å². The number of aryl methyl sites for hydroxylation is 1. The summed E-state index contributed by atoms with van der Waals surface area (Å²) in [4.78, 5) is 36.0. The molecule has 170 valence electrons. The Labute approximate surface area is 195 Å². The second kappa shape index (κ2) is 9.86. The van der Waals surface area contributed by atoms with E-state index in [1.165, 1.54) is 11.8 Å². The number of amides is 4. The highest BCUT2D eigenvalue weighted by atomic mass is 32.2. The number of hydrogen-bond donors (Lipinski definition) is 3. The SMILES string of the molecule is Cc1cccc(NC(=O)CSc2nnc(CC3CC(=O)NC(=O)N3)n2-c2ccccc2)c1C. The number of nitrogens with zero attached hydrogens (tertiary/aromatic N) is 3. The smallest absolute Gasteiger partial charge is 0.321 e. The summed E-state index contributed by atoms with van der Waals surface area (Å²) < 4.78 is 1.86. The molecule has 1 aliphatic heterocycles. The van der Waals surface area contributed by atoms with Crippen LogP contribution in [0.5, 0.6) is 0 Å². The Hall–Kier alpha value is -3.66. The van der Waals surface area contributed by atoms with Crippen LogP contribution in [0.1, 0.15) is 23.4 Å². The molecule has 3 N–H and O–H groups in total. The van der Waals surface area contributed by atoms with Gasteiger partial charge >= 0.3 is 6.03 Å². The molecule has 1 aromatic heterocycles. The fourth-order valence-electron chi connectivity index (χ4n) is 3.58. The minimum atomic E-state index is -0.514. The van der Waals surface area contributed by atoms with E-state index in [0.717, 1.165) is 22.5 Å². The molecular formula is C23H24N6O3S. The van der Waals surface area contributed by atoms with Crippen LogP contribution in [0.3, 0.4) is 0 Å². The molecule has 0 bridgehead atoms. The molecule has 0 aliphatic carbocycles. The van der Waals surface area contributed by atoms with Crippen LogP contribution in [0.4, 0.5) is 10.5 Å². The van der Waals surface area contributed by atoms with Gasteiger partial charge in [0.2, 0.25) is 11.8 Å². The molecule has 1 saturated heterocycles. The highest BCUT2D eigenvalue weighted by Crippen LogP contribution is 2.24. The van der Waals surface area contributed by atoms with Crippen LogP contribution in [0.2, 0.25) is 0 Å². The summed E-state index contributed by atoms with van der Waals surface area (Å²) in [5.74, 6) is 0.279. The largest absolute Gasteiger partial charge is 0.334 e. The van der Waals surface area contributed by atoms with Crippen molar-refractivity contribution < 1.29 is 14.4 Å². The lowest BCUT2D eigenvalue weighted by atomic mass is 10.1. The third-order valence-corrected chi connectivity index (χ3v) is 6.30. The van der Waals surface area contributed by atoms with Gasteiger partial charge in [0.15, 0.2) is 5.16 Å². The van der Waals surface area contributed by atoms with Crippen molar-refractivity contribution >= 4 is 35.3 Å². The zero-order chi connectivity index (χ0) is 23.4. The average Bonchev–Trinajstić information content (AvgIpc) is 3.17. The van der Waals surface area contributed by atoms with Crippen molar-refractivity contribution in [3.8, 4) is 5.69 Å². The number of benzene rings is 2. The van der Waals surface area contributed by atoms with Crippen molar-refractivity contribution in [2.45, 2.75) is 37.9 Å². The maximum atomic E-state index is 12.6. The first-order valence-corrected chi connectivity index (χ1v) is 11.5. The number of hydrogen-bond acceptors (Lipinski definition) is 6. The van der Waals surface area contributed by atoms with E-state index in [-0.39, 0.29) is 30.0 Å². The number of thioether (sulfide) groups is 1. The molecule has 4 amide bonds. The number of para-hydroxylation sites is 1. The Kier molecular flexibility index (Phi) is 6.74. The van der Waals surface area contributed by atoms with E-state index < -0.39 is 6.03 Å². The third-order valence-electron chi connectivity index (χ3n) is 5.37. The Bertz CT molecular complexity index is 1180. The van der Waals surface area contributed by atoms with E-state index in [2.05, 4.69) is 26.1 Å². The lowest BCUT2D eigenvalue weighted by Crippen LogP contribution is -2.53. The quantitative estimate of drug-likeness (QED) is 0.463. The fraction of sp³-hybridized carbons (Fsp3) is 0.261. The Morgan fingerprint density at radius 2 is 1.91 bits per heavy atom. The van der Waals surface area contributed by atoms with Crippen molar-refractivity contribution in [1.29, 1.82) is 0 Å². The summed E-state index contributed by atoms with van der Waals surface area (Å²) in [6.45, 7) is 3.97. The van der Waals surface area contributed by atoms with Crippen LogP contribution in [-0.2, 0) is 16.0 Å². The summed E-state index contributed by atoms with van der Waals surface area (Å²) in [7, 11) is 0. The number of urea groups is 1. The topological polar surface area (TPSA) is 118 Å². The molecule has 1 aliphatic rings. The Morgan fingerprint density at radius 3 is 2.67 bits per heavy atom. The van der Waals surface area contributed by atoms with Gasteiger partial charge in [0.1, 0.15) is 5.82 Å². The molecule has 0 spiro atoms. The van der Waals surface area contributed by atoms with Gasteiger partial charge in [-0.25, -0.2) is 4.79 Å². The zero-order valence-electron chi connectivity index (χ0n) is 18.3. The zero-order valence-corrected chi connectivity index (χ0v) is 19.1. The van der Waals surface area contributed by atoms with Crippen molar-refractivity contribution in [1.82, 2.24) is 25.4 Å². The molecule has 0 radical (unpaired) electrons. The van der Waals surface area contributed by atoms with Gasteiger partial charge in [-0.1, -0.05) is 42.1 Å². The number of nitrogens with one attached hydrogen (secondary N) is 3. The summed E-state index contributed by atoms with van der Waals surface area (Å²) in [5, 5.41) is 17.1. The van der Waals surface area contributed by atoms with Crippen LogP contribution in [0, 0.1) is 13.8 Å². The first-order chi connectivity index (χ1) is 15.9. The van der Waals surface area contributed by atoms with Gasteiger partial charge in [0.05, 0.1) is 5.75 Å². The van der Waals surface area contributed by atoms with Gasteiger partial charge in [-0.15, -0.1) is 10.2 Å². The number of imide groups is 1. The second-order valence-electron chi connectivity index (χ2n) is 7.78. The number of carbonyl (C=O) groups is 3. The van der Waals surface area contributed by atoms with Gasteiger partial charge in [0.25, 0.3) is 0 Å². The second-order valence-corrected chi connectivity index (χ2v) is 8.72. The summed E-state index contributed by atoms with van der Waals surface area (Å²) in [5.41, 5.74) is 3.76. The molecular weight excluding hydrogens is 440 g/mol. The Balaban J connectivity index is 1.52. The van der Waals surface area contributed by atoms with Crippen molar-refractivity contribution in [3.63, 3.8) is 0 Å². The molecule has 33 heavy (non-hydrogen) atoms. The summed E-state index contributed by atoms with van der Waals surface area (Å²) >= 11 is 1.27.